The minimum Gasteiger partial charge on any atom is -2.00 e. The maximum absolute atomic E-state index is 11.4. The molecule has 0 radical (unpaired) electrons. The van der Waals surface area contributed by atoms with Crippen molar-refractivity contribution in [1.29, 1.82) is 0 Å². The fraction of sp³-hybridized carbons (Fsp3) is 0.778. The normalized spacial score (nSPS) is 13.6. The molecule has 0 bridgehead atoms. The molecular weight excluding hydrogens is 270 g/mol. The third-order valence-corrected chi connectivity index (χ3v) is 1.69. The molecule has 0 aromatic heterocycles. The van der Waals surface area contributed by atoms with Crippen LogP contribution in [-0.4, -0.2) is 29.0 Å². The second-order valence-electron chi connectivity index (χ2n) is 4.13. The molecule has 0 spiro atoms. The standard InChI is InChI=1S/C9H15NO3.Cr.3O/c1-9(2,3)13-8(12)10-6-4-5-7(10)11;;;;/h4-6H2,1-3H3;;;;/q;+6;3*-2. The van der Waals surface area contributed by atoms with Gasteiger partial charge in [0, 0.05) is 13.0 Å². The number of hydrogen-bond donors (Lipinski definition) is 0. The summed E-state index contributed by atoms with van der Waals surface area (Å²) in [5.74, 6) is -0.130. The number of nitrogens with zero attached hydrogens (tertiary/aromatic N) is 1. The second kappa shape index (κ2) is 9.39. The van der Waals surface area contributed by atoms with Crippen LogP contribution >= 0.6 is 0 Å². The molecule has 1 fully saturated rings. The van der Waals surface area contributed by atoms with Gasteiger partial charge in [0.25, 0.3) is 0 Å². The van der Waals surface area contributed by atoms with Crippen LogP contribution in [0.25, 0.3) is 0 Å². The largest absolute Gasteiger partial charge is 6.00 e. The van der Waals surface area contributed by atoms with Crippen molar-refractivity contribution in [2.45, 2.75) is 39.2 Å². The van der Waals surface area contributed by atoms with E-state index >= 15 is 0 Å². The molecule has 98 valence electrons. The van der Waals surface area contributed by atoms with E-state index in [0.29, 0.717) is 13.0 Å². The molecular formula is C9H15CrNO6. The molecule has 1 rings (SSSR count). The summed E-state index contributed by atoms with van der Waals surface area (Å²) in [6, 6.07) is 0. The predicted molar refractivity (Wildman–Crippen MR) is 49.2 cm³/mol. The molecule has 0 aromatic rings. The SMILES string of the molecule is CC(C)(C)OC(=O)N1CCCC1=O.[Cr+6].[O-2].[O-2].[O-2]. The molecule has 0 atom stereocenters. The summed E-state index contributed by atoms with van der Waals surface area (Å²) in [4.78, 5) is 23.7. The van der Waals surface area contributed by atoms with Gasteiger partial charge in [0.15, 0.2) is 0 Å². The number of hydrogen-bond acceptors (Lipinski definition) is 3. The van der Waals surface area contributed by atoms with Crippen LogP contribution in [0.15, 0.2) is 0 Å². The molecule has 7 nitrogen and oxygen atoms in total. The Morgan fingerprint density at radius 3 is 2.00 bits per heavy atom. The molecule has 1 aliphatic rings. The van der Waals surface area contributed by atoms with Gasteiger partial charge in [0.1, 0.15) is 5.60 Å². The number of carbonyl (C=O) groups is 2. The number of rotatable bonds is 0. The Kier molecular flexibility index (Phi) is 14.0. The van der Waals surface area contributed by atoms with Gasteiger partial charge in [-0.25, -0.2) is 9.69 Å². The van der Waals surface area contributed by atoms with Gasteiger partial charge in [-0.05, 0) is 27.2 Å². The van der Waals surface area contributed by atoms with Crippen molar-refractivity contribution in [3.05, 3.63) is 0 Å². The first-order chi connectivity index (χ1) is 5.90. The first kappa shape index (κ1) is 25.3. The van der Waals surface area contributed by atoms with Gasteiger partial charge in [0.05, 0.1) is 0 Å². The van der Waals surface area contributed by atoms with Gasteiger partial charge in [-0.2, -0.15) is 0 Å². The first-order valence-corrected chi connectivity index (χ1v) is 4.43. The molecule has 0 aromatic carbocycles. The van der Waals surface area contributed by atoms with E-state index in [1.807, 2.05) is 0 Å². The smallest absolute Gasteiger partial charge is 2.00 e. The zero-order valence-electron chi connectivity index (χ0n) is 9.93. The van der Waals surface area contributed by atoms with Gasteiger partial charge in [-0.1, -0.05) is 0 Å². The molecule has 0 saturated carbocycles. The molecule has 1 aliphatic heterocycles. The maximum atomic E-state index is 11.4. The van der Waals surface area contributed by atoms with Crippen LogP contribution in [0.3, 0.4) is 0 Å². The summed E-state index contributed by atoms with van der Waals surface area (Å²) in [5, 5.41) is 0. The van der Waals surface area contributed by atoms with E-state index in [1.165, 1.54) is 4.90 Å². The third kappa shape index (κ3) is 8.13. The summed E-state index contributed by atoms with van der Waals surface area (Å²) in [7, 11) is 0. The van der Waals surface area contributed by atoms with Crippen molar-refractivity contribution in [2.24, 2.45) is 0 Å². The van der Waals surface area contributed by atoms with Crippen LogP contribution in [0.4, 0.5) is 4.79 Å². The Morgan fingerprint density at radius 2 is 1.71 bits per heavy atom. The molecule has 0 N–H and O–H groups in total. The van der Waals surface area contributed by atoms with E-state index in [4.69, 9.17) is 4.74 Å². The second-order valence-corrected chi connectivity index (χ2v) is 4.13. The number of amides is 2. The molecule has 17 heavy (non-hydrogen) atoms. The Bertz CT molecular complexity index is 240. The zero-order chi connectivity index (χ0) is 10.1. The van der Waals surface area contributed by atoms with Crippen molar-refractivity contribution >= 4 is 12.0 Å². The summed E-state index contributed by atoms with van der Waals surface area (Å²) in [6.45, 7) is 5.84. The number of carbonyl (C=O) groups excluding carboxylic acids is 2. The van der Waals surface area contributed by atoms with E-state index in [9.17, 15) is 9.59 Å². The van der Waals surface area contributed by atoms with Crippen LogP contribution in [0.2, 0.25) is 0 Å². The Hall–Kier alpha value is -0.648. The van der Waals surface area contributed by atoms with Gasteiger partial charge in [0.2, 0.25) is 5.91 Å². The quantitative estimate of drug-likeness (QED) is 0.661. The number of ether oxygens (including phenoxy) is 1. The van der Waals surface area contributed by atoms with Crippen LogP contribution in [-0.2, 0) is 43.3 Å². The number of likely N-dealkylation sites (tertiary alicyclic amines) is 1. The summed E-state index contributed by atoms with van der Waals surface area (Å²) >= 11 is 0. The van der Waals surface area contributed by atoms with Crippen molar-refractivity contribution in [1.82, 2.24) is 4.90 Å². The van der Waals surface area contributed by atoms with E-state index in [2.05, 4.69) is 0 Å². The molecule has 0 unspecified atom stereocenters. The number of imide groups is 1. The van der Waals surface area contributed by atoms with Crippen LogP contribution < -0.4 is 0 Å². The molecule has 1 heterocycles. The van der Waals surface area contributed by atoms with Crippen molar-refractivity contribution in [3.63, 3.8) is 0 Å². The monoisotopic (exact) mass is 285 g/mol. The average molecular weight is 285 g/mol. The van der Waals surface area contributed by atoms with E-state index < -0.39 is 11.7 Å². The van der Waals surface area contributed by atoms with Crippen LogP contribution in [0.1, 0.15) is 33.6 Å². The fourth-order valence-electron chi connectivity index (χ4n) is 1.16. The molecule has 0 aliphatic carbocycles. The predicted octanol–water partition coefficient (Wildman–Crippen LogP) is 1.19. The van der Waals surface area contributed by atoms with Crippen molar-refractivity contribution < 1.29 is 48.1 Å². The summed E-state index contributed by atoms with van der Waals surface area (Å²) in [5.41, 5.74) is -0.528. The Morgan fingerprint density at radius 1 is 1.24 bits per heavy atom. The Labute approximate surface area is 111 Å². The molecule has 2 amide bonds. The first-order valence-electron chi connectivity index (χ1n) is 4.43. The minimum absolute atomic E-state index is 0. The zero-order valence-corrected chi connectivity index (χ0v) is 11.2. The fourth-order valence-corrected chi connectivity index (χ4v) is 1.16. The van der Waals surface area contributed by atoms with E-state index in [-0.39, 0.29) is 39.7 Å². The van der Waals surface area contributed by atoms with Gasteiger partial charge in [-0.3, -0.25) is 4.79 Å². The van der Waals surface area contributed by atoms with Crippen LogP contribution in [0.5, 0.6) is 0 Å². The van der Waals surface area contributed by atoms with Gasteiger partial charge < -0.3 is 21.2 Å². The topological polar surface area (TPSA) is 132 Å². The Balaban J connectivity index is -0.000000211. The van der Waals surface area contributed by atoms with E-state index in [0.717, 1.165) is 6.42 Å². The average Bonchev–Trinajstić information content (AvgIpc) is 2.30. The molecule has 1 saturated heterocycles. The molecule has 8 heteroatoms. The van der Waals surface area contributed by atoms with Gasteiger partial charge >= 0.3 is 23.5 Å². The van der Waals surface area contributed by atoms with E-state index in [1.54, 1.807) is 20.8 Å². The van der Waals surface area contributed by atoms with Crippen molar-refractivity contribution in [3.8, 4) is 0 Å². The minimum atomic E-state index is -0.528. The van der Waals surface area contributed by atoms with Crippen molar-refractivity contribution in [2.75, 3.05) is 6.54 Å². The van der Waals surface area contributed by atoms with Gasteiger partial charge in [-0.15, -0.1) is 0 Å². The third-order valence-electron chi connectivity index (χ3n) is 1.69. The summed E-state index contributed by atoms with van der Waals surface area (Å²) < 4.78 is 5.06. The van der Waals surface area contributed by atoms with Crippen LogP contribution in [0, 0.1) is 0 Å². The summed E-state index contributed by atoms with van der Waals surface area (Å²) in [6.07, 6.45) is 0.687. The maximum Gasteiger partial charge on any atom is 6.00 e.